The molecule has 1 aliphatic heterocycles. The molecule has 29 heavy (non-hydrogen) atoms. The SMILES string of the molecule is CCCc1ccc(C2(C)NC(=O)N(CC(=O)N(CC)C3CCCCC3)C2=O)cc1. The van der Waals surface area contributed by atoms with Gasteiger partial charge in [0.25, 0.3) is 5.91 Å². The lowest BCUT2D eigenvalue weighted by Gasteiger charge is -2.34. The molecule has 1 aromatic rings. The van der Waals surface area contributed by atoms with E-state index in [0.29, 0.717) is 6.54 Å². The third kappa shape index (κ3) is 4.31. The van der Waals surface area contributed by atoms with Gasteiger partial charge in [0.1, 0.15) is 12.1 Å². The lowest BCUT2D eigenvalue weighted by molar-refractivity contribution is -0.140. The van der Waals surface area contributed by atoms with Crippen molar-refractivity contribution in [1.29, 1.82) is 0 Å². The van der Waals surface area contributed by atoms with Crippen LogP contribution in [-0.4, -0.2) is 46.8 Å². The summed E-state index contributed by atoms with van der Waals surface area (Å²) >= 11 is 0. The second-order valence-corrected chi connectivity index (χ2v) is 8.36. The highest BCUT2D eigenvalue weighted by Gasteiger charge is 2.49. The maximum Gasteiger partial charge on any atom is 0.325 e. The van der Waals surface area contributed by atoms with E-state index in [0.717, 1.165) is 49.0 Å². The predicted molar refractivity (Wildman–Crippen MR) is 112 cm³/mol. The molecule has 6 nitrogen and oxygen atoms in total. The highest BCUT2D eigenvalue weighted by Crippen LogP contribution is 2.30. The van der Waals surface area contributed by atoms with Crippen molar-refractivity contribution in [1.82, 2.24) is 15.1 Å². The number of hydrogen-bond acceptors (Lipinski definition) is 3. The molecule has 1 aliphatic carbocycles. The van der Waals surface area contributed by atoms with Crippen LogP contribution in [0.5, 0.6) is 0 Å². The van der Waals surface area contributed by atoms with Crippen molar-refractivity contribution < 1.29 is 14.4 Å². The maximum atomic E-state index is 13.1. The first-order chi connectivity index (χ1) is 13.9. The Labute approximate surface area is 173 Å². The second kappa shape index (κ2) is 8.97. The van der Waals surface area contributed by atoms with Crippen LogP contribution in [0.3, 0.4) is 0 Å². The Balaban J connectivity index is 1.73. The number of nitrogens with one attached hydrogen (secondary N) is 1. The third-order valence-corrected chi connectivity index (χ3v) is 6.31. The van der Waals surface area contributed by atoms with E-state index in [1.165, 1.54) is 12.0 Å². The predicted octanol–water partition coefficient (Wildman–Crippen LogP) is 3.59. The van der Waals surface area contributed by atoms with Crippen molar-refractivity contribution in [2.24, 2.45) is 0 Å². The van der Waals surface area contributed by atoms with Crippen LogP contribution in [0.15, 0.2) is 24.3 Å². The van der Waals surface area contributed by atoms with E-state index >= 15 is 0 Å². The summed E-state index contributed by atoms with van der Waals surface area (Å²) in [5.74, 6) is -0.510. The summed E-state index contributed by atoms with van der Waals surface area (Å²) in [4.78, 5) is 41.6. The van der Waals surface area contributed by atoms with Crippen LogP contribution in [0.2, 0.25) is 0 Å². The summed E-state index contributed by atoms with van der Waals surface area (Å²) in [6.45, 7) is 6.20. The quantitative estimate of drug-likeness (QED) is 0.713. The number of benzene rings is 1. The van der Waals surface area contributed by atoms with E-state index < -0.39 is 11.6 Å². The Kier molecular flexibility index (Phi) is 6.60. The third-order valence-electron chi connectivity index (χ3n) is 6.31. The molecule has 1 N–H and O–H groups in total. The standard InChI is InChI=1S/C23H33N3O3/c1-4-9-17-12-14-18(15-13-17)23(3)21(28)26(22(29)24-23)16-20(27)25(5-2)19-10-7-6-8-11-19/h12-15,19H,4-11,16H2,1-3H3,(H,24,29). The summed E-state index contributed by atoms with van der Waals surface area (Å²) in [6, 6.07) is 7.52. The van der Waals surface area contributed by atoms with Crippen LogP contribution in [0, 0.1) is 0 Å². The molecule has 0 radical (unpaired) electrons. The van der Waals surface area contributed by atoms with E-state index in [2.05, 4.69) is 12.2 Å². The number of aryl methyl sites for hydroxylation is 1. The van der Waals surface area contributed by atoms with Gasteiger partial charge in [-0.2, -0.15) is 0 Å². The van der Waals surface area contributed by atoms with Crippen molar-refractivity contribution >= 4 is 17.8 Å². The molecule has 2 aliphatic rings. The molecule has 1 atom stereocenters. The van der Waals surface area contributed by atoms with Crippen LogP contribution in [-0.2, 0) is 21.5 Å². The highest BCUT2D eigenvalue weighted by atomic mass is 16.2. The van der Waals surface area contributed by atoms with Crippen LogP contribution >= 0.6 is 0 Å². The number of nitrogens with zero attached hydrogens (tertiary/aromatic N) is 2. The molecule has 1 heterocycles. The molecule has 3 rings (SSSR count). The molecule has 1 saturated carbocycles. The zero-order chi connectivity index (χ0) is 21.0. The van der Waals surface area contributed by atoms with E-state index in [-0.39, 0.29) is 24.4 Å². The normalized spacial score (nSPS) is 22.7. The van der Waals surface area contributed by atoms with Gasteiger partial charge in [-0.05, 0) is 44.2 Å². The monoisotopic (exact) mass is 399 g/mol. The van der Waals surface area contributed by atoms with Gasteiger partial charge in [-0.1, -0.05) is 56.9 Å². The topological polar surface area (TPSA) is 69.7 Å². The Morgan fingerprint density at radius 3 is 2.38 bits per heavy atom. The van der Waals surface area contributed by atoms with Crippen molar-refractivity contribution in [3.8, 4) is 0 Å². The lowest BCUT2D eigenvalue weighted by Crippen LogP contribution is -2.48. The van der Waals surface area contributed by atoms with E-state index in [4.69, 9.17) is 0 Å². The number of carbonyl (C=O) groups is 3. The van der Waals surface area contributed by atoms with E-state index in [1.54, 1.807) is 6.92 Å². The van der Waals surface area contributed by atoms with E-state index in [1.807, 2.05) is 36.1 Å². The van der Waals surface area contributed by atoms with Crippen LogP contribution in [0.1, 0.15) is 70.4 Å². The average Bonchev–Trinajstić information content (AvgIpc) is 2.94. The summed E-state index contributed by atoms with van der Waals surface area (Å²) in [5, 5.41) is 2.81. The van der Waals surface area contributed by atoms with Gasteiger partial charge in [-0.15, -0.1) is 0 Å². The van der Waals surface area contributed by atoms with Gasteiger partial charge in [-0.3, -0.25) is 14.5 Å². The molecule has 0 aromatic heterocycles. The molecule has 6 heteroatoms. The molecule has 1 aromatic carbocycles. The van der Waals surface area contributed by atoms with Crippen molar-refractivity contribution in [2.75, 3.05) is 13.1 Å². The summed E-state index contributed by atoms with van der Waals surface area (Å²) in [6.07, 6.45) is 7.50. The van der Waals surface area contributed by atoms with E-state index in [9.17, 15) is 14.4 Å². The summed E-state index contributed by atoms with van der Waals surface area (Å²) in [5.41, 5.74) is 0.810. The molecular weight excluding hydrogens is 366 g/mol. The van der Waals surface area contributed by atoms with Crippen LogP contribution in [0.4, 0.5) is 4.79 Å². The van der Waals surface area contributed by atoms with Gasteiger partial charge in [0.05, 0.1) is 0 Å². The number of likely N-dealkylation sites (N-methyl/N-ethyl adjacent to an activating group) is 1. The van der Waals surface area contributed by atoms with Crippen LogP contribution < -0.4 is 5.32 Å². The summed E-state index contributed by atoms with van der Waals surface area (Å²) < 4.78 is 0. The molecule has 0 bridgehead atoms. The van der Waals surface area contributed by atoms with Gasteiger partial charge >= 0.3 is 6.03 Å². The number of rotatable bonds is 7. The molecule has 1 saturated heterocycles. The number of urea groups is 1. The highest BCUT2D eigenvalue weighted by molar-refractivity contribution is 6.09. The van der Waals surface area contributed by atoms with Crippen molar-refractivity contribution in [2.45, 2.75) is 77.3 Å². The fourth-order valence-corrected chi connectivity index (χ4v) is 4.59. The smallest absolute Gasteiger partial charge is 0.325 e. The van der Waals surface area contributed by atoms with Gasteiger partial charge < -0.3 is 10.2 Å². The maximum absolute atomic E-state index is 13.1. The first-order valence-corrected chi connectivity index (χ1v) is 10.9. The molecule has 4 amide bonds. The van der Waals surface area contributed by atoms with Crippen LogP contribution in [0.25, 0.3) is 0 Å². The molecule has 2 fully saturated rings. The molecule has 158 valence electrons. The molecule has 1 unspecified atom stereocenters. The number of amides is 4. The number of carbonyl (C=O) groups excluding carboxylic acids is 3. The average molecular weight is 400 g/mol. The Morgan fingerprint density at radius 2 is 1.79 bits per heavy atom. The van der Waals surface area contributed by atoms with Crippen molar-refractivity contribution in [3.63, 3.8) is 0 Å². The minimum absolute atomic E-state index is 0.148. The molecule has 0 spiro atoms. The zero-order valence-corrected chi connectivity index (χ0v) is 17.9. The van der Waals surface area contributed by atoms with Gasteiger partial charge in [0.2, 0.25) is 5.91 Å². The number of imide groups is 1. The fraction of sp³-hybridized carbons (Fsp3) is 0.609. The first-order valence-electron chi connectivity index (χ1n) is 10.9. The van der Waals surface area contributed by atoms with Gasteiger partial charge in [0.15, 0.2) is 0 Å². The van der Waals surface area contributed by atoms with Crippen molar-refractivity contribution in [3.05, 3.63) is 35.4 Å². The minimum atomic E-state index is -1.13. The van der Waals surface area contributed by atoms with Gasteiger partial charge in [-0.25, -0.2) is 4.79 Å². The molecular formula is C23H33N3O3. The van der Waals surface area contributed by atoms with Gasteiger partial charge in [0, 0.05) is 12.6 Å². The second-order valence-electron chi connectivity index (χ2n) is 8.36. The fourth-order valence-electron chi connectivity index (χ4n) is 4.59. The number of hydrogen-bond donors (Lipinski definition) is 1. The Hall–Kier alpha value is -2.37. The first kappa shape index (κ1) is 21.3. The lowest BCUT2D eigenvalue weighted by atomic mass is 9.91. The largest absolute Gasteiger partial charge is 0.338 e. The minimum Gasteiger partial charge on any atom is -0.338 e. The summed E-state index contributed by atoms with van der Waals surface area (Å²) in [7, 11) is 0. The Morgan fingerprint density at radius 1 is 1.14 bits per heavy atom. The zero-order valence-electron chi connectivity index (χ0n) is 17.9. The Bertz CT molecular complexity index is 755.